The number of H-pyrrole nitrogens is 1. The van der Waals surface area contributed by atoms with Crippen LogP contribution in [-0.2, 0) is 0 Å². The summed E-state index contributed by atoms with van der Waals surface area (Å²) in [6.07, 6.45) is 0. The standard InChI is InChI=1S/C8H5ClN4S/c9-7-3-1-6-5(11-8(10)14-6)2-4(3)12-13-7/h1-2H,(H2,10,11)(H,12,13). The quantitative estimate of drug-likeness (QED) is 0.616. The van der Waals surface area contributed by atoms with Crippen LogP contribution in [0.25, 0.3) is 21.1 Å². The molecule has 70 valence electrons. The third-order valence-corrected chi connectivity index (χ3v) is 3.17. The molecule has 0 saturated carbocycles. The Morgan fingerprint density at radius 2 is 2.21 bits per heavy atom. The van der Waals surface area contributed by atoms with Crippen LogP contribution in [0.3, 0.4) is 0 Å². The highest BCUT2D eigenvalue weighted by Gasteiger charge is 2.07. The lowest BCUT2D eigenvalue weighted by Gasteiger charge is -1.88. The van der Waals surface area contributed by atoms with Crippen LogP contribution in [0.5, 0.6) is 0 Å². The molecule has 2 aromatic heterocycles. The highest BCUT2D eigenvalue weighted by atomic mass is 35.5. The second-order valence-electron chi connectivity index (χ2n) is 2.93. The van der Waals surface area contributed by atoms with E-state index in [0.29, 0.717) is 10.3 Å². The zero-order valence-corrected chi connectivity index (χ0v) is 8.49. The van der Waals surface area contributed by atoms with Gasteiger partial charge in [-0.1, -0.05) is 22.9 Å². The largest absolute Gasteiger partial charge is 0.375 e. The molecule has 0 unspecified atom stereocenters. The van der Waals surface area contributed by atoms with Crippen LogP contribution >= 0.6 is 22.9 Å². The summed E-state index contributed by atoms with van der Waals surface area (Å²) in [7, 11) is 0. The number of halogens is 1. The van der Waals surface area contributed by atoms with Crippen molar-refractivity contribution in [3.8, 4) is 0 Å². The number of nitrogens with two attached hydrogens (primary N) is 1. The number of aromatic nitrogens is 3. The summed E-state index contributed by atoms with van der Waals surface area (Å²) in [4.78, 5) is 4.17. The van der Waals surface area contributed by atoms with Crippen molar-refractivity contribution in [2.75, 3.05) is 5.73 Å². The first-order chi connectivity index (χ1) is 6.74. The number of nitrogens with zero attached hydrogens (tertiary/aromatic N) is 2. The number of rotatable bonds is 0. The lowest BCUT2D eigenvalue weighted by molar-refractivity contribution is 1.12. The maximum Gasteiger partial charge on any atom is 0.181 e. The van der Waals surface area contributed by atoms with Gasteiger partial charge in [-0.3, -0.25) is 5.10 Å². The fourth-order valence-corrected chi connectivity index (χ4v) is 2.37. The molecule has 0 radical (unpaired) electrons. The molecule has 0 aliphatic heterocycles. The van der Waals surface area contributed by atoms with Gasteiger partial charge in [0.1, 0.15) is 5.15 Å². The average molecular weight is 225 g/mol. The minimum atomic E-state index is 0.550. The van der Waals surface area contributed by atoms with Gasteiger partial charge >= 0.3 is 0 Å². The molecule has 0 atom stereocenters. The SMILES string of the molecule is Nc1nc2cc3n[nH]c(Cl)c3cc2s1. The maximum atomic E-state index is 5.91. The molecule has 4 nitrogen and oxygen atoms in total. The molecule has 1 aromatic carbocycles. The summed E-state index contributed by atoms with van der Waals surface area (Å²) in [5.74, 6) is 0. The van der Waals surface area contributed by atoms with Crippen molar-refractivity contribution in [3.05, 3.63) is 17.3 Å². The molecule has 0 aliphatic rings. The fraction of sp³-hybridized carbons (Fsp3) is 0. The van der Waals surface area contributed by atoms with Crippen molar-refractivity contribution in [1.82, 2.24) is 15.2 Å². The molecule has 0 amide bonds. The predicted molar refractivity (Wildman–Crippen MR) is 58.7 cm³/mol. The number of nitrogen functional groups attached to an aromatic ring is 1. The van der Waals surface area contributed by atoms with E-state index in [9.17, 15) is 0 Å². The average Bonchev–Trinajstić information content (AvgIpc) is 2.66. The number of fused-ring (bicyclic) bond motifs is 2. The van der Waals surface area contributed by atoms with Crippen molar-refractivity contribution in [2.24, 2.45) is 0 Å². The van der Waals surface area contributed by atoms with Crippen LogP contribution in [0.4, 0.5) is 5.13 Å². The second-order valence-corrected chi connectivity index (χ2v) is 4.37. The van der Waals surface area contributed by atoms with E-state index in [1.807, 2.05) is 12.1 Å². The van der Waals surface area contributed by atoms with Gasteiger partial charge in [0.15, 0.2) is 5.13 Å². The normalized spacial score (nSPS) is 11.5. The smallest absolute Gasteiger partial charge is 0.181 e. The van der Waals surface area contributed by atoms with E-state index < -0.39 is 0 Å². The first kappa shape index (κ1) is 8.02. The lowest BCUT2D eigenvalue weighted by atomic mass is 10.2. The Morgan fingerprint density at radius 1 is 1.36 bits per heavy atom. The highest BCUT2D eigenvalue weighted by Crippen LogP contribution is 2.30. The van der Waals surface area contributed by atoms with E-state index in [2.05, 4.69) is 15.2 Å². The summed E-state index contributed by atoms with van der Waals surface area (Å²) in [6.45, 7) is 0. The van der Waals surface area contributed by atoms with Crippen LogP contribution in [0.2, 0.25) is 5.15 Å². The Labute approximate surface area is 87.7 Å². The fourth-order valence-electron chi connectivity index (χ4n) is 1.42. The van der Waals surface area contributed by atoms with E-state index in [4.69, 9.17) is 17.3 Å². The zero-order valence-electron chi connectivity index (χ0n) is 6.91. The molecule has 0 bridgehead atoms. The van der Waals surface area contributed by atoms with Crippen molar-refractivity contribution < 1.29 is 0 Å². The third kappa shape index (κ3) is 0.995. The van der Waals surface area contributed by atoms with Gasteiger partial charge in [-0.25, -0.2) is 4.98 Å². The number of benzene rings is 1. The summed E-state index contributed by atoms with van der Waals surface area (Å²) in [6, 6.07) is 3.82. The zero-order chi connectivity index (χ0) is 9.71. The van der Waals surface area contributed by atoms with Crippen molar-refractivity contribution in [3.63, 3.8) is 0 Å². The Hall–Kier alpha value is -1.33. The molecule has 3 N–H and O–H groups in total. The van der Waals surface area contributed by atoms with E-state index in [1.165, 1.54) is 11.3 Å². The molecule has 0 saturated heterocycles. The maximum absolute atomic E-state index is 5.91. The molecular formula is C8H5ClN4S. The van der Waals surface area contributed by atoms with Gasteiger partial charge < -0.3 is 5.73 Å². The number of thiazole rings is 1. The topological polar surface area (TPSA) is 67.6 Å². The van der Waals surface area contributed by atoms with Gasteiger partial charge in [-0.15, -0.1) is 0 Å². The van der Waals surface area contributed by atoms with Gasteiger partial charge in [-0.2, -0.15) is 5.10 Å². The number of aromatic amines is 1. The summed E-state index contributed by atoms with van der Waals surface area (Å²) in [5, 5.41) is 8.78. The van der Waals surface area contributed by atoms with Gasteiger partial charge in [0.25, 0.3) is 0 Å². The highest BCUT2D eigenvalue weighted by molar-refractivity contribution is 7.22. The lowest BCUT2D eigenvalue weighted by Crippen LogP contribution is -1.79. The molecular weight excluding hydrogens is 220 g/mol. The van der Waals surface area contributed by atoms with Crippen molar-refractivity contribution in [2.45, 2.75) is 0 Å². The predicted octanol–water partition coefficient (Wildman–Crippen LogP) is 2.41. The minimum absolute atomic E-state index is 0.550. The van der Waals surface area contributed by atoms with Crippen LogP contribution in [-0.4, -0.2) is 15.2 Å². The van der Waals surface area contributed by atoms with Crippen molar-refractivity contribution in [1.29, 1.82) is 0 Å². The number of nitrogens with one attached hydrogen (secondary N) is 1. The van der Waals surface area contributed by atoms with Crippen LogP contribution < -0.4 is 5.73 Å². The number of hydrogen-bond acceptors (Lipinski definition) is 4. The first-order valence-corrected chi connectivity index (χ1v) is 5.13. The molecule has 0 spiro atoms. The van der Waals surface area contributed by atoms with Gasteiger partial charge in [0.05, 0.1) is 15.7 Å². The van der Waals surface area contributed by atoms with Crippen LogP contribution in [0.1, 0.15) is 0 Å². The van der Waals surface area contributed by atoms with Gasteiger partial charge in [0, 0.05) is 5.39 Å². The Morgan fingerprint density at radius 3 is 3.07 bits per heavy atom. The molecule has 0 aliphatic carbocycles. The van der Waals surface area contributed by atoms with Crippen LogP contribution in [0, 0.1) is 0 Å². The van der Waals surface area contributed by atoms with E-state index in [0.717, 1.165) is 21.1 Å². The minimum Gasteiger partial charge on any atom is -0.375 e. The molecule has 0 fully saturated rings. The number of hydrogen-bond donors (Lipinski definition) is 2. The summed E-state index contributed by atoms with van der Waals surface area (Å²) in [5.41, 5.74) is 7.28. The monoisotopic (exact) mass is 224 g/mol. The van der Waals surface area contributed by atoms with E-state index >= 15 is 0 Å². The Bertz CT molecular complexity index is 626. The third-order valence-electron chi connectivity index (χ3n) is 2.03. The van der Waals surface area contributed by atoms with Gasteiger partial charge in [0.2, 0.25) is 0 Å². The molecule has 14 heavy (non-hydrogen) atoms. The van der Waals surface area contributed by atoms with Crippen LogP contribution in [0.15, 0.2) is 12.1 Å². The number of anilines is 1. The molecule has 6 heteroatoms. The molecule has 2 heterocycles. The van der Waals surface area contributed by atoms with Crippen molar-refractivity contribution >= 4 is 49.2 Å². The molecule has 3 aromatic rings. The second kappa shape index (κ2) is 2.59. The Kier molecular flexibility index (Phi) is 1.48. The summed E-state index contributed by atoms with van der Waals surface area (Å²) >= 11 is 7.36. The van der Waals surface area contributed by atoms with E-state index in [-0.39, 0.29) is 0 Å². The van der Waals surface area contributed by atoms with Gasteiger partial charge in [-0.05, 0) is 12.1 Å². The van der Waals surface area contributed by atoms with E-state index in [1.54, 1.807) is 0 Å². The first-order valence-electron chi connectivity index (χ1n) is 3.94. The molecule has 3 rings (SSSR count). The summed E-state index contributed by atoms with van der Waals surface area (Å²) < 4.78 is 1.03. The Balaban J connectivity index is 2.52.